The predicted octanol–water partition coefficient (Wildman–Crippen LogP) is 4.01. The molecule has 7 heteroatoms. The molecule has 1 atom stereocenters. The highest BCUT2D eigenvalue weighted by molar-refractivity contribution is 6.15. The molecule has 0 bridgehead atoms. The Labute approximate surface area is 185 Å². The van der Waals surface area contributed by atoms with Crippen LogP contribution in [0.3, 0.4) is 0 Å². The van der Waals surface area contributed by atoms with E-state index in [9.17, 15) is 4.79 Å². The fraction of sp³-hybridized carbons (Fsp3) is 0.120. The number of rotatable bonds is 4. The summed E-state index contributed by atoms with van der Waals surface area (Å²) in [6, 6.07) is 27.1. The van der Waals surface area contributed by atoms with Crippen LogP contribution in [0.15, 0.2) is 89.9 Å². The van der Waals surface area contributed by atoms with Crippen molar-refractivity contribution in [3.05, 3.63) is 113 Å². The second-order valence-corrected chi connectivity index (χ2v) is 7.63. The molecule has 2 heterocycles. The number of para-hydroxylation sites is 1. The highest BCUT2D eigenvalue weighted by Crippen LogP contribution is 2.33. The third kappa shape index (κ3) is 3.43. The number of aromatic nitrogens is 3. The lowest BCUT2D eigenvalue weighted by molar-refractivity contribution is 0.178. The molecular formula is C25H22N6O. The van der Waals surface area contributed by atoms with Gasteiger partial charge in [0.2, 0.25) is 0 Å². The van der Waals surface area contributed by atoms with Gasteiger partial charge in [-0.15, -0.1) is 10.2 Å². The van der Waals surface area contributed by atoms with Crippen LogP contribution in [0.5, 0.6) is 0 Å². The molecule has 5 rings (SSSR count). The maximum absolute atomic E-state index is 12.7. The minimum atomic E-state index is -0.739. The Morgan fingerprint density at radius 2 is 1.59 bits per heavy atom. The van der Waals surface area contributed by atoms with Crippen LogP contribution in [0.4, 0.5) is 4.79 Å². The molecule has 1 aliphatic heterocycles. The molecule has 2 N–H and O–H groups in total. The number of fused-ring (bicyclic) bond motifs is 3. The first-order valence-electron chi connectivity index (χ1n) is 10.4. The summed E-state index contributed by atoms with van der Waals surface area (Å²) < 4.78 is 1.96. The summed E-state index contributed by atoms with van der Waals surface area (Å²) in [6.07, 6.45) is -0.739. The summed E-state index contributed by atoms with van der Waals surface area (Å²) in [6.45, 7) is 2.19. The van der Waals surface area contributed by atoms with Gasteiger partial charge in [0.1, 0.15) is 5.82 Å². The van der Waals surface area contributed by atoms with Crippen LogP contribution in [0.2, 0.25) is 0 Å². The zero-order chi connectivity index (χ0) is 22.1. The number of amides is 2. The monoisotopic (exact) mass is 422 g/mol. The lowest BCUT2D eigenvalue weighted by atomic mass is 10.0. The lowest BCUT2D eigenvalue weighted by Crippen LogP contribution is -2.38. The van der Waals surface area contributed by atoms with Gasteiger partial charge in [0.15, 0.2) is 12.0 Å². The second-order valence-electron chi connectivity index (χ2n) is 7.63. The predicted molar refractivity (Wildman–Crippen MR) is 122 cm³/mol. The third-order valence-corrected chi connectivity index (χ3v) is 5.55. The number of carbonyl (C=O) groups is 1. The van der Waals surface area contributed by atoms with Crippen LogP contribution >= 0.6 is 0 Å². The van der Waals surface area contributed by atoms with Crippen LogP contribution < -0.4 is 5.73 Å². The molecule has 158 valence electrons. The number of benzene rings is 3. The van der Waals surface area contributed by atoms with E-state index in [1.807, 2.05) is 96.4 Å². The quantitative estimate of drug-likeness (QED) is 0.539. The number of nitrogens with zero attached hydrogens (tertiary/aromatic N) is 5. The number of aryl methyl sites for hydroxylation is 1. The number of aliphatic imine (C=N–C) groups is 1. The van der Waals surface area contributed by atoms with Crippen molar-refractivity contribution in [3.63, 3.8) is 0 Å². The van der Waals surface area contributed by atoms with Gasteiger partial charge in [0, 0.05) is 17.7 Å². The van der Waals surface area contributed by atoms with Gasteiger partial charge < -0.3 is 5.73 Å². The molecule has 2 amide bonds. The number of hydrogen-bond donors (Lipinski definition) is 1. The first-order valence-corrected chi connectivity index (χ1v) is 10.4. The largest absolute Gasteiger partial charge is 0.351 e. The fourth-order valence-electron chi connectivity index (χ4n) is 4.06. The normalized spacial score (nSPS) is 14.7. The van der Waals surface area contributed by atoms with E-state index in [-0.39, 0.29) is 0 Å². The van der Waals surface area contributed by atoms with E-state index in [0.717, 1.165) is 28.1 Å². The molecule has 0 saturated heterocycles. The van der Waals surface area contributed by atoms with Crippen LogP contribution in [0.1, 0.15) is 34.5 Å². The maximum Gasteiger partial charge on any atom is 0.317 e. The third-order valence-electron chi connectivity index (χ3n) is 5.55. The topological polar surface area (TPSA) is 89.4 Å². The summed E-state index contributed by atoms with van der Waals surface area (Å²) in [5.74, 6) is 1.27. The molecule has 4 aromatic rings. The molecule has 1 aliphatic rings. The summed E-state index contributed by atoms with van der Waals surface area (Å²) in [5, 5.41) is 8.73. The summed E-state index contributed by atoms with van der Waals surface area (Å²) in [7, 11) is 0. The molecule has 0 fully saturated rings. The average Bonchev–Trinajstić information content (AvgIpc) is 3.13. The second kappa shape index (κ2) is 8.11. The average molecular weight is 422 g/mol. The van der Waals surface area contributed by atoms with Gasteiger partial charge in [-0.25, -0.2) is 4.79 Å². The molecule has 0 spiro atoms. The number of nitrogens with two attached hydrogens (primary N) is 1. The highest BCUT2D eigenvalue weighted by atomic mass is 16.2. The molecular weight excluding hydrogens is 400 g/mol. The highest BCUT2D eigenvalue weighted by Gasteiger charge is 2.33. The Balaban J connectivity index is 1.74. The van der Waals surface area contributed by atoms with E-state index in [4.69, 9.17) is 10.7 Å². The van der Waals surface area contributed by atoms with E-state index >= 15 is 0 Å². The Hall–Kier alpha value is -4.26. The summed E-state index contributed by atoms with van der Waals surface area (Å²) in [4.78, 5) is 19.3. The van der Waals surface area contributed by atoms with Gasteiger partial charge >= 0.3 is 6.03 Å². The Morgan fingerprint density at radius 3 is 2.31 bits per heavy atom. The van der Waals surface area contributed by atoms with Crippen molar-refractivity contribution in [2.75, 3.05) is 0 Å². The van der Waals surface area contributed by atoms with Crippen molar-refractivity contribution >= 4 is 11.7 Å². The Kier molecular flexibility index (Phi) is 4.99. The maximum atomic E-state index is 12.7. The molecule has 0 aliphatic carbocycles. The van der Waals surface area contributed by atoms with Gasteiger partial charge in [-0.1, -0.05) is 78.9 Å². The van der Waals surface area contributed by atoms with Crippen molar-refractivity contribution in [3.8, 4) is 5.69 Å². The van der Waals surface area contributed by atoms with E-state index in [1.54, 1.807) is 0 Å². The lowest BCUT2D eigenvalue weighted by Gasteiger charge is -2.27. The summed E-state index contributed by atoms with van der Waals surface area (Å²) >= 11 is 0. The minimum absolute atomic E-state index is 0.300. The van der Waals surface area contributed by atoms with E-state index in [2.05, 4.69) is 10.2 Å². The van der Waals surface area contributed by atoms with Crippen LogP contribution in [-0.4, -0.2) is 31.4 Å². The first kappa shape index (κ1) is 19.7. The number of hydrogen-bond acceptors (Lipinski definition) is 4. The minimum Gasteiger partial charge on any atom is -0.351 e. The van der Waals surface area contributed by atoms with Gasteiger partial charge in [-0.05, 0) is 18.6 Å². The van der Waals surface area contributed by atoms with Crippen molar-refractivity contribution in [2.24, 2.45) is 10.7 Å². The molecule has 7 nitrogen and oxygen atoms in total. The van der Waals surface area contributed by atoms with E-state index in [1.165, 1.54) is 4.90 Å². The fourth-order valence-corrected chi connectivity index (χ4v) is 4.06. The zero-order valence-electron chi connectivity index (χ0n) is 17.6. The molecule has 32 heavy (non-hydrogen) atoms. The number of urea groups is 1. The van der Waals surface area contributed by atoms with Crippen LogP contribution in [-0.2, 0) is 6.54 Å². The summed E-state index contributed by atoms with van der Waals surface area (Å²) in [5.41, 5.74) is 10.4. The Bertz CT molecular complexity index is 1300. The van der Waals surface area contributed by atoms with Crippen molar-refractivity contribution < 1.29 is 4.79 Å². The van der Waals surface area contributed by atoms with Crippen LogP contribution in [0, 0.1) is 6.92 Å². The standard InChI is InChI=1S/C25H22N6O/c1-17-28-29-24-23(30(25(26)32)16-18-10-4-2-5-11-18)27-22(19-12-6-3-7-13-19)20-14-8-9-15-21(20)31(17)24/h2-15,23H,16H2,1H3,(H2,26,32). The van der Waals surface area contributed by atoms with Gasteiger partial charge in [0.25, 0.3) is 0 Å². The van der Waals surface area contributed by atoms with Crippen molar-refractivity contribution in [2.45, 2.75) is 19.6 Å². The Morgan fingerprint density at radius 1 is 0.938 bits per heavy atom. The molecule has 1 unspecified atom stereocenters. The zero-order valence-corrected chi connectivity index (χ0v) is 17.6. The molecule has 1 aromatic heterocycles. The number of carbonyl (C=O) groups excluding carboxylic acids is 1. The van der Waals surface area contributed by atoms with Crippen molar-refractivity contribution in [1.82, 2.24) is 19.7 Å². The first-order chi connectivity index (χ1) is 15.6. The van der Waals surface area contributed by atoms with Gasteiger partial charge in [-0.3, -0.25) is 14.5 Å². The van der Waals surface area contributed by atoms with E-state index in [0.29, 0.717) is 18.2 Å². The SMILES string of the molecule is Cc1nnc2n1-c1ccccc1C(c1ccccc1)=NC2N(Cc1ccccc1)C(N)=O. The van der Waals surface area contributed by atoms with Crippen LogP contribution in [0.25, 0.3) is 5.69 Å². The molecule has 3 aromatic carbocycles. The molecule has 0 radical (unpaired) electrons. The van der Waals surface area contributed by atoms with E-state index < -0.39 is 12.2 Å². The molecule has 0 saturated carbocycles. The smallest absolute Gasteiger partial charge is 0.317 e. The number of primary amides is 1. The van der Waals surface area contributed by atoms with Gasteiger partial charge in [0.05, 0.1) is 11.4 Å². The van der Waals surface area contributed by atoms with Crippen molar-refractivity contribution in [1.29, 1.82) is 0 Å². The van der Waals surface area contributed by atoms with Gasteiger partial charge in [-0.2, -0.15) is 0 Å².